The van der Waals surface area contributed by atoms with E-state index >= 15 is 0 Å². The Morgan fingerprint density at radius 1 is 0.773 bits per heavy atom. The first kappa shape index (κ1) is 16.4. The standard InChI is InChI=1S/C20H27NO/c1-19(2,3)14-20(4,5)15-6-10-17(11-7-15)22-18-12-8-16(21)9-13-18/h6-13H,14,21H2,1-5H3. The van der Waals surface area contributed by atoms with Crippen LogP contribution in [0.2, 0.25) is 0 Å². The number of nitrogen functional groups attached to an aromatic ring is 1. The molecule has 0 aromatic heterocycles. The van der Waals surface area contributed by atoms with E-state index in [1.54, 1.807) is 0 Å². The Bertz CT molecular complexity index is 604. The second-order valence-corrected chi connectivity index (χ2v) is 7.82. The van der Waals surface area contributed by atoms with Crippen LogP contribution in [0.25, 0.3) is 0 Å². The fourth-order valence-electron chi connectivity index (χ4n) is 3.07. The molecule has 0 aliphatic carbocycles. The summed E-state index contributed by atoms with van der Waals surface area (Å²) in [5, 5.41) is 0. The van der Waals surface area contributed by atoms with Crippen molar-refractivity contribution in [2.75, 3.05) is 5.73 Å². The lowest BCUT2D eigenvalue weighted by Crippen LogP contribution is -2.24. The maximum Gasteiger partial charge on any atom is 0.127 e. The van der Waals surface area contributed by atoms with Crippen LogP contribution in [0.1, 0.15) is 46.6 Å². The molecule has 0 spiro atoms. The van der Waals surface area contributed by atoms with E-state index < -0.39 is 0 Å². The van der Waals surface area contributed by atoms with Gasteiger partial charge in [-0.05, 0) is 59.2 Å². The van der Waals surface area contributed by atoms with Gasteiger partial charge in [0.1, 0.15) is 11.5 Å². The molecule has 0 saturated carbocycles. The minimum absolute atomic E-state index is 0.151. The predicted octanol–water partition coefficient (Wildman–Crippen LogP) is 5.77. The molecule has 0 radical (unpaired) electrons. The van der Waals surface area contributed by atoms with E-state index in [9.17, 15) is 0 Å². The molecule has 0 aliphatic heterocycles. The summed E-state index contributed by atoms with van der Waals surface area (Å²) in [4.78, 5) is 0. The van der Waals surface area contributed by atoms with Crippen LogP contribution in [0, 0.1) is 5.41 Å². The molecule has 0 unspecified atom stereocenters. The molecule has 0 aliphatic rings. The Balaban J connectivity index is 2.11. The first-order valence-corrected chi connectivity index (χ1v) is 7.80. The van der Waals surface area contributed by atoms with Gasteiger partial charge in [-0.1, -0.05) is 46.8 Å². The summed E-state index contributed by atoms with van der Waals surface area (Å²) in [7, 11) is 0. The molecule has 2 aromatic rings. The van der Waals surface area contributed by atoms with Crippen molar-refractivity contribution >= 4 is 5.69 Å². The van der Waals surface area contributed by atoms with Crippen LogP contribution >= 0.6 is 0 Å². The zero-order chi connectivity index (χ0) is 16.4. The van der Waals surface area contributed by atoms with Gasteiger partial charge in [0.2, 0.25) is 0 Å². The molecular weight excluding hydrogens is 270 g/mol. The van der Waals surface area contributed by atoms with Gasteiger partial charge in [0.15, 0.2) is 0 Å². The zero-order valence-corrected chi connectivity index (χ0v) is 14.3. The van der Waals surface area contributed by atoms with Crippen LogP contribution in [-0.2, 0) is 5.41 Å². The zero-order valence-electron chi connectivity index (χ0n) is 14.3. The first-order chi connectivity index (χ1) is 10.2. The summed E-state index contributed by atoms with van der Waals surface area (Å²) in [6, 6.07) is 15.9. The molecule has 0 bridgehead atoms. The number of hydrogen-bond acceptors (Lipinski definition) is 2. The molecule has 0 saturated heterocycles. The molecule has 0 fully saturated rings. The van der Waals surface area contributed by atoms with E-state index in [2.05, 4.69) is 46.8 Å². The lowest BCUT2D eigenvalue weighted by atomic mass is 9.72. The van der Waals surface area contributed by atoms with Crippen molar-refractivity contribution in [3.8, 4) is 11.5 Å². The molecule has 2 N–H and O–H groups in total. The number of anilines is 1. The molecular formula is C20H27NO. The average Bonchev–Trinajstić information content (AvgIpc) is 2.39. The third kappa shape index (κ3) is 4.52. The molecule has 2 rings (SSSR count). The number of rotatable bonds is 4. The Morgan fingerprint density at radius 2 is 1.23 bits per heavy atom. The molecule has 0 heterocycles. The monoisotopic (exact) mass is 297 g/mol. The van der Waals surface area contributed by atoms with Crippen molar-refractivity contribution in [2.45, 2.75) is 46.5 Å². The van der Waals surface area contributed by atoms with E-state index in [4.69, 9.17) is 10.5 Å². The van der Waals surface area contributed by atoms with Gasteiger partial charge in [0.05, 0.1) is 0 Å². The Kier molecular flexibility index (Phi) is 4.50. The molecule has 2 nitrogen and oxygen atoms in total. The van der Waals surface area contributed by atoms with Gasteiger partial charge in [0.25, 0.3) is 0 Å². The molecule has 2 heteroatoms. The Hall–Kier alpha value is -1.96. The highest BCUT2D eigenvalue weighted by Gasteiger charge is 2.27. The third-order valence-electron chi connectivity index (χ3n) is 3.72. The summed E-state index contributed by atoms with van der Waals surface area (Å²) in [5.41, 5.74) is 8.22. The summed E-state index contributed by atoms with van der Waals surface area (Å²) in [6.45, 7) is 11.5. The molecule has 0 atom stereocenters. The lowest BCUT2D eigenvalue weighted by Gasteiger charge is -2.33. The van der Waals surface area contributed by atoms with E-state index in [1.807, 2.05) is 36.4 Å². The van der Waals surface area contributed by atoms with Gasteiger partial charge in [-0.25, -0.2) is 0 Å². The first-order valence-electron chi connectivity index (χ1n) is 7.80. The molecule has 118 valence electrons. The Labute approximate surface area is 134 Å². The number of benzene rings is 2. The van der Waals surface area contributed by atoms with E-state index in [-0.39, 0.29) is 5.41 Å². The highest BCUT2D eigenvalue weighted by atomic mass is 16.5. The largest absolute Gasteiger partial charge is 0.457 e. The fraction of sp³-hybridized carbons (Fsp3) is 0.400. The lowest BCUT2D eigenvalue weighted by molar-refractivity contribution is 0.284. The van der Waals surface area contributed by atoms with Gasteiger partial charge in [-0.15, -0.1) is 0 Å². The fourth-order valence-corrected chi connectivity index (χ4v) is 3.07. The van der Waals surface area contributed by atoms with Crippen LogP contribution in [0.4, 0.5) is 5.69 Å². The van der Waals surface area contributed by atoms with Crippen molar-refractivity contribution in [1.82, 2.24) is 0 Å². The summed E-state index contributed by atoms with van der Waals surface area (Å²) in [5.74, 6) is 1.65. The maximum atomic E-state index is 5.85. The van der Waals surface area contributed by atoms with Crippen molar-refractivity contribution in [2.24, 2.45) is 5.41 Å². The van der Waals surface area contributed by atoms with E-state index in [0.29, 0.717) is 5.41 Å². The number of nitrogens with two attached hydrogens (primary N) is 1. The average molecular weight is 297 g/mol. The maximum absolute atomic E-state index is 5.85. The quantitative estimate of drug-likeness (QED) is 0.726. The van der Waals surface area contributed by atoms with Gasteiger partial charge < -0.3 is 10.5 Å². The van der Waals surface area contributed by atoms with E-state index in [1.165, 1.54) is 5.56 Å². The number of hydrogen-bond donors (Lipinski definition) is 1. The summed E-state index contributed by atoms with van der Waals surface area (Å²) < 4.78 is 5.85. The van der Waals surface area contributed by atoms with Crippen LogP contribution in [0.5, 0.6) is 11.5 Å². The van der Waals surface area contributed by atoms with Gasteiger partial charge in [-0.3, -0.25) is 0 Å². The van der Waals surface area contributed by atoms with Gasteiger partial charge >= 0.3 is 0 Å². The third-order valence-corrected chi connectivity index (χ3v) is 3.72. The Morgan fingerprint density at radius 3 is 1.68 bits per heavy atom. The molecule has 0 amide bonds. The number of ether oxygens (including phenoxy) is 1. The van der Waals surface area contributed by atoms with Gasteiger partial charge in [-0.2, -0.15) is 0 Å². The van der Waals surface area contributed by atoms with Crippen LogP contribution in [0.3, 0.4) is 0 Å². The van der Waals surface area contributed by atoms with Crippen LogP contribution in [-0.4, -0.2) is 0 Å². The summed E-state index contributed by atoms with van der Waals surface area (Å²) >= 11 is 0. The van der Waals surface area contributed by atoms with Crippen molar-refractivity contribution < 1.29 is 4.74 Å². The van der Waals surface area contributed by atoms with Crippen LogP contribution in [0.15, 0.2) is 48.5 Å². The highest BCUT2D eigenvalue weighted by Crippen LogP contribution is 2.37. The second-order valence-electron chi connectivity index (χ2n) is 7.82. The summed E-state index contributed by atoms with van der Waals surface area (Å²) in [6.07, 6.45) is 1.14. The normalized spacial score (nSPS) is 12.2. The highest BCUT2D eigenvalue weighted by molar-refractivity contribution is 5.43. The second kappa shape index (κ2) is 6.04. The van der Waals surface area contributed by atoms with Crippen molar-refractivity contribution in [3.63, 3.8) is 0 Å². The smallest absolute Gasteiger partial charge is 0.127 e. The minimum Gasteiger partial charge on any atom is -0.457 e. The van der Waals surface area contributed by atoms with Crippen molar-refractivity contribution in [3.05, 3.63) is 54.1 Å². The molecule has 2 aromatic carbocycles. The SMILES string of the molecule is CC(C)(C)CC(C)(C)c1ccc(Oc2ccc(N)cc2)cc1. The van der Waals surface area contributed by atoms with Gasteiger partial charge in [0, 0.05) is 5.69 Å². The molecule has 22 heavy (non-hydrogen) atoms. The van der Waals surface area contributed by atoms with Crippen molar-refractivity contribution in [1.29, 1.82) is 0 Å². The topological polar surface area (TPSA) is 35.2 Å². The predicted molar refractivity (Wildman–Crippen MR) is 94.5 cm³/mol. The van der Waals surface area contributed by atoms with Crippen LogP contribution < -0.4 is 10.5 Å². The minimum atomic E-state index is 0.151. The van der Waals surface area contributed by atoms with E-state index in [0.717, 1.165) is 23.6 Å².